The molecule has 0 saturated carbocycles. The molecule has 2 aromatic heterocycles. The molecule has 3 heterocycles. The van der Waals surface area contributed by atoms with E-state index in [0.717, 1.165) is 12.2 Å². The van der Waals surface area contributed by atoms with Gasteiger partial charge >= 0.3 is 0 Å². The molecular weight excluding hydrogens is 362 g/mol. The molecule has 0 unspecified atom stereocenters. The topological polar surface area (TPSA) is 77.2 Å². The molecule has 0 aliphatic carbocycles. The number of furan rings is 1. The van der Waals surface area contributed by atoms with Gasteiger partial charge in [0.15, 0.2) is 10.9 Å². The minimum absolute atomic E-state index is 0.207. The molecule has 1 atom stereocenters. The van der Waals surface area contributed by atoms with E-state index in [1.165, 1.54) is 17.3 Å². The van der Waals surface area contributed by atoms with Crippen molar-refractivity contribution in [1.29, 1.82) is 0 Å². The molecule has 1 amide bonds. The summed E-state index contributed by atoms with van der Waals surface area (Å²) in [6.07, 6.45) is 4.29. The number of fused-ring (bicyclic) bond motifs is 1. The average Bonchev–Trinajstić information content (AvgIpc) is 3.20. The summed E-state index contributed by atoms with van der Waals surface area (Å²) in [4.78, 5) is 20.6. The van der Waals surface area contributed by atoms with Crippen molar-refractivity contribution in [1.82, 2.24) is 15.3 Å². The Labute approximate surface area is 161 Å². The lowest BCUT2D eigenvalue weighted by molar-refractivity contribution is 0.0910. The minimum atomic E-state index is -0.207. The Morgan fingerprint density at radius 1 is 1.15 bits per heavy atom. The van der Waals surface area contributed by atoms with Gasteiger partial charge in [0.2, 0.25) is 0 Å². The normalized spacial score (nSPS) is 15.6. The van der Waals surface area contributed by atoms with Crippen LogP contribution in [0.1, 0.15) is 21.9 Å². The molecule has 7 heteroatoms. The monoisotopic (exact) mass is 381 g/mol. The van der Waals surface area contributed by atoms with Gasteiger partial charge in [-0.1, -0.05) is 30.0 Å². The molecule has 0 bridgehead atoms. The maximum Gasteiger partial charge on any atom is 0.287 e. The Hall–Kier alpha value is -2.80. The summed E-state index contributed by atoms with van der Waals surface area (Å²) in [5.41, 5.74) is 1.18. The highest BCUT2D eigenvalue weighted by Crippen LogP contribution is 2.26. The highest BCUT2D eigenvalue weighted by molar-refractivity contribution is 7.98. The fraction of sp³-hybridized carbons (Fsp3) is 0.250. The highest BCUT2D eigenvalue weighted by atomic mass is 32.2. The summed E-state index contributed by atoms with van der Waals surface area (Å²) in [6.45, 7) is 1.16. The Morgan fingerprint density at radius 2 is 2.00 bits per heavy atom. The van der Waals surface area contributed by atoms with Gasteiger partial charge in [-0.2, -0.15) is 0 Å². The summed E-state index contributed by atoms with van der Waals surface area (Å²) in [5, 5.41) is 3.62. The number of hydrogen-bond donors (Lipinski definition) is 1. The maximum absolute atomic E-state index is 12.3. The minimum Gasteiger partial charge on any atom is -0.493 e. The van der Waals surface area contributed by atoms with E-state index in [-0.39, 0.29) is 11.8 Å². The number of thioether (sulfide) groups is 1. The number of carbonyl (C=O) groups excluding carboxylic acids is 1. The van der Waals surface area contributed by atoms with Gasteiger partial charge in [-0.05, 0) is 36.2 Å². The van der Waals surface area contributed by atoms with Crippen LogP contribution in [0.25, 0.3) is 0 Å². The first-order valence-corrected chi connectivity index (χ1v) is 9.74. The quantitative estimate of drug-likeness (QED) is 0.521. The van der Waals surface area contributed by atoms with Crippen LogP contribution in [0.15, 0.2) is 64.4 Å². The van der Waals surface area contributed by atoms with Crippen molar-refractivity contribution in [2.75, 3.05) is 13.2 Å². The molecular formula is C20H19N3O3S. The molecule has 1 N–H and O–H groups in total. The Balaban J connectivity index is 1.27. The summed E-state index contributed by atoms with van der Waals surface area (Å²) < 4.78 is 11.4. The third-order valence-electron chi connectivity index (χ3n) is 4.28. The highest BCUT2D eigenvalue weighted by Gasteiger charge is 2.21. The second-order valence-electron chi connectivity index (χ2n) is 6.28. The number of carbonyl (C=O) groups is 1. The lowest BCUT2D eigenvalue weighted by Gasteiger charge is -2.25. The number of ether oxygens (including phenoxy) is 1. The van der Waals surface area contributed by atoms with Crippen LogP contribution in [0, 0.1) is 5.92 Å². The first-order valence-electron chi connectivity index (χ1n) is 8.75. The number of benzene rings is 1. The second kappa shape index (κ2) is 8.26. The molecule has 0 spiro atoms. The van der Waals surface area contributed by atoms with E-state index in [1.54, 1.807) is 24.5 Å². The zero-order valence-electron chi connectivity index (χ0n) is 14.6. The summed E-state index contributed by atoms with van der Waals surface area (Å²) in [7, 11) is 0. The van der Waals surface area contributed by atoms with E-state index in [0.29, 0.717) is 35.6 Å². The number of nitrogens with zero attached hydrogens (tertiary/aromatic N) is 2. The van der Waals surface area contributed by atoms with Gasteiger partial charge in [0, 0.05) is 24.9 Å². The van der Waals surface area contributed by atoms with Gasteiger partial charge in [0.05, 0.1) is 12.4 Å². The van der Waals surface area contributed by atoms with E-state index < -0.39 is 0 Å². The molecule has 0 radical (unpaired) electrons. The molecule has 138 valence electrons. The average molecular weight is 381 g/mol. The maximum atomic E-state index is 12.3. The third-order valence-corrected chi connectivity index (χ3v) is 5.18. The van der Waals surface area contributed by atoms with E-state index in [1.807, 2.05) is 24.3 Å². The van der Waals surface area contributed by atoms with Crippen LogP contribution in [0.3, 0.4) is 0 Å². The molecule has 3 aromatic rings. The van der Waals surface area contributed by atoms with Crippen LogP contribution in [0.2, 0.25) is 0 Å². The van der Waals surface area contributed by atoms with E-state index >= 15 is 0 Å². The van der Waals surface area contributed by atoms with Crippen LogP contribution in [-0.2, 0) is 12.2 Å². The molecule has 4 rings (SSSR count). The Morgan fingerprint density at radius 3 is 2.89 bits per heavy atom. The largest absolute Gasteiger partial charge is 0.493 e. The van der Waals surface area contributed by atoms with Gasteiger partial charge in [0.25, 0.3) is 5.91 Å². The zero-order chi connectivity index (χ0) is 18.5. The second-order valence-corrected chi connectivity index (χ2v) is 7.23. The van der Waals surface area contributed by atoms with Crippen LogP contribution < -0.4 is 10.1 Å². The number of aromatic nitrogens is 2. The standard InChI is InChI=1S/C20H19N3O3S/c24-19(23-11-14-10-15-4-1-2-5-17(15)25-12-14)18-7-6-16(26-18)13-27-20-21-8-3-9-22-20/h1-9,14H,10-13H2,(H,23,24)/t14-/m1/s1. The van der Waals surface area contributed by atoms with Crippen molar-refractivity contribution in [3.05, 3.63) is 71.9 Å². The third kappa shape index (κ3) is 4.49. The van der Waals surface area contributed by atoms with Crippen molar-refractivity contribution in [3.63, 3.8) is 0 Å². The molecule has 0 saturated heterocycles. The first kappa shape index (κ1) is 17.6. The van der Waals surface area contributed by atoms with Crippen molar-refractivity contribution in [3.8, 4) is 5.75 Å². The smallest absolute Gasteiger partial charge is 0.287 e. The molecule has 1 aliphatic rings. The van der Waals surface area contributed by atoms with E-state index in [4.69, 9.17) is 9.15 Å². The first-order chi connectivity index (χ1) is 13.3. The van der Waals surface area contributed by atoms with Crippen molar-refractivity contribution >= 4 is 17.7 Å². The van der Waals surface area contributed by atoms with Gasteiger partial charge in [0.1, 0.15) is 11.5 Å². The number of rotatable bonds is 6. The van der Waals surface area contributed by atoms with Crippen molar-refractivity contribution in [2.24, 2.45) is 5.92 Å². The summed E-state index contributed by atoms with van der Waals surface area (Å²) in [5.74, 6) is 2.59. The molecule has 0 fully saturated rings. The SMILES string of the molecule is O=C(NC[C@@H]1COc2ccccc2C1)c1ccc(CSc2ncccn2)o1. The molecule has 1 aliphatic heterocycles. The van der Waals surface area contributed by atoms with Crippen LogP contribution in [0.5, 0.6) is 5.75 Å². The summed E-state index contributed by atoms with van der Waals surface area (Å²) >= 11 is 1.46. The molecule has 6 nitrogen and oxygen atoms in total. The number of hydrogen-bond acceptors (Lipinski definition) is 6. The predicted octanol–water partition coefficient (Wildman–Crippen LogP) is 3.34. The number of nitrogens with one attached hydrogen (secondary N) is 1. The fourth-order valence-corrected chi connectivity index (χ4v) is 3.62. The molecule has 1 aromatic carbocycles. The van der Waals surface area contributed by atoms with Crippen LogP contribution in [-0.4, -0.2) is 29.0 Å². The van der Waals surface area contributed by atoms with Crippen LogP contribution >= 0.6 is 11.8 Å². The predicted molar refractivity (Wildman–Crippen MR) is 102 cm³/mol. The van der Waals surface area contributed by atoms with E-state index in [9.17, 15) is 4.79 Å². The lowest BCUT2D eigenvalue weighted by atomic mass is 9.97. The van der Waals surface area contributed by atoms with Crippen molar-refractivity contribution < 1.29 is 13.9 Å². The van der Waals surface area contributed by atoms with E-state index in [2.05, 4.69) is 21.4 Å². The molecule has 27 heavy (non-hydrogen) atoms. The Bertz CT molecular complexity index is 914. The number of para-hydroxylation sites is 1. The van der Waals surface area contributed by atoms with Crippen LogP contribution in [0.4, 0.5) is 0 Å². The summed E-state index contributed by atoms with van der Waals surface area (Å²) in [6, 6.07) is 13.3. The fourth-order valence-electron chi connectivity index (χ4n) is 2.92. The lowest BCUT2D eigenvalue weighted by Crippen LogP contribution is -2.34. The van der Waals surface area contributed by atoms with Crippen molar-refractivity contribution in [2.45, 2.75) is 17.3 Å². The number of amides is 1. The van der Waals surface area contributed by atoms with Gasteiger partial charge < -0.3 is 14.5 Å². The zero-order valence-corrected chi connectivity index (χ0v) is 15.4. The van der Waals surface area contributed by atoms with Gasteiger partial charge in [-0.25, -0.2) is 9.97 Å². The Kier molecular flexibility index (Phi) is 5.39. The van der Waals surface area contributed by atoms with Gasteiger partial charge in [-0.15, -0.1) is 0 Å². The van der Waals surface area contributed by atoms with Gasteiger partial charge in [-0.3, -0.25) is 4.79 Å².